The smallest absolute Gasteiger partial charge is 0.313 e. The van der Waals surface area contributed by atoms with Crippen LogP contribution in [0.1, 0.15) is 27.9 Å². The molecule has 2 rings (SSSR count). The number of benzene rings is 1. The number of aliphatic carboxylic acids is 1. The van der Waals surface area contributed by atoms with E-state index in [-0.39, 0.29) is 0 Å². The summed E-state index contributed by atoms with van der Waals surface area (Å²) in [7, 11) is 0. The summed E-state index contributed by atoms with van der Waals surface area (Å²) >= 11 is 1.17. The van der Waals surface area contributed by atoms with Crippen LogP contribution >= 0.6 is 11.5 Å². The van der Waals surface area contributed by atoms with E-state index in [1.807, 2.05) is 31.2 Å². The first-order valence-corrected chi connectivity index (χ1v) is 6.42. The summed E-state index contributed by atoms with van der Waals surface area (Å²) in [5.41, 5.74) is 2.14. The van der Waals surface area contributed by atoms with Gasteiger partial charge in [0.15, 0.2) is 0 Å². The Morgan fingerprint density at radius 1 is 1.44 bits per heavy atom. The predicted octanol–water partition coefficient (Wildman–Crippen LogP) is 2.57. The number of aryl methyl sites for hydroxylation is 2. The molecule has 0 fully saturated rings. The van der Waals surface area contributed by atoms with Gasteiger partial charge < -0.3 is 5.11 Å². The molecule has 4 nitrogen and oxygen atoms in total. The second kappa shape index (κ2) is 5.27. The third kappa shape index (κ3) is 2.92. The predicted molar refractivity (Wildman–Crippen MR) is 69.9 cm³/mol. The lowest BCUT2D eigenvalue weighted by atomic mass is 9.99. The topological polar surface area (TPSA) is 63.1 Å². The minimum Gasteiger partial charge on any atom is -0.481 e. The first-order chi connectivity index (χ1) is 8.56. The molecule has 1 unspecified atom stereocenters. The van der Waals surface area contributed by atoms with E-state index in [0.717, 1.165) is 11.1 Å². The van der Waals surface area contributed by atoms with Gasteiger partial charge in [-0.1, -0.05) is 29.8 Å². The highest BCUT2D eigenvalue weighted by Crippen LogP contribution is 2.23. The number of aromatic nitrogens is 2. The minimum atomic E-state index is -0.854. The summed E-state index contributed by atoms with van der Waals surface area (Å²) in [6.45, 7) is 3.76. The molecule has 1 aromatic carbocycles. The number of hydrogen-bond acceptors (Lipinski definition) is 4. The Morgan fingerprint density at radius 3 is 2.78 bits per heavy atom. The van der Waals surface area contributed by atoms with Gasteiger partial charge in [-0.2, -0.15) is 4.37 Å². The molecule has 0 radical (unpaired) electrons. The average molecular weight is 262 g/mol. The molecule has 1 atom stereocenters. The van der Waals surface area contributed by atoms with Gasteiger partial charge in [-0.25, -0.2) is 4.98 Å². The number of carboxylic acids is 1. The maximum absolute atomic E-state index is 11.3. The number of nitrogens with zero attached hydrogens (tertiary/aromatic N) is 2. The van der Waals surface area contributed by atoms with Crippen molar-refractivity contribution >= 4 is 17.5 Å². The van der Waals surface area contributed by atoms with Crippen LogP contribution in [0.5, 0.6) is 0 Å². The fourth-order valence-corrected chi connectivity index (χ4v) is 2.56. The highest BCUT2D eigenvalue weighted by Gasteiger charge is 2.24. The van der Waals surface area contributed by atoms with Crippen molar-refractivity contribution in [3.8, 4) is 0 Å². The molecule has 0 saturated carbocycles. The summed E-state index contributed by atoms with van der Waals surface area (Å²) in [6.07, 6.45) is 0.450. The van der Waals surface area contributed by atoms with Crippen molar-refractivity contribution in [2.75, 3.05) is 0 Å². The largest absolute Gasteiger partial charge is 0.481 e. The van der Waals surface area contributed by atoms with Crippen molar-refractivity contribution in [3.05, 3.63) is 46.2 Å². The van der Waals surface area contributed by atoms with Gasteiger partial charge in [-0.05, 0) is 37.4 Å². The Hall–Kier alpha value is -1.75. The van der Waals surface area contributed by atoms with E-state index in [2.05, 4.69) is 9.36 Å². The average Bonchev–Trinajstić information content (AvgIpc) is 2.72. The lowest BCUT2D eigenvalue weighted by Gasteiger charge is -2.09. The lowest BCUT2D eigenvalue weighted by Crippen LogP contribution is -2.14. The first kappa shape index (κ1) is 12.7. The van der Waals surface area contributed by atoms with Gasteiger partial charge in [0.2, 0.25) is 0 Å². The van der Waals surface area contributed by atoms with E-state index in [9.17, 15) is 9.90 Å². The lowest BCUT2D eigenvalue weighted by molar-refractivity contribution is -0.138. The van der Waals surface area contributed by atoms with Crippen molar-refractivity contribution in [1.29, 1.82) is 0 Å². The molecule has 0 aliphatic rings. The molecular formula is C13H14N2O2S. The van der Waals surface area contributed by atoms with Gasteiger partial charge in [0.05, 0.1) is 0 Å². The monoisotopic (exact) mass is 262 g/mol. The van der Waals surface area contributed by atoms with Crippen molar-refractivity contribution in [1.82, 2.24) is 9.36 Å². The van der Waals surface area contributed by atoms with Crippen LogP contribution in [0, 0.1) is 13.8 Å². The Bertz CT molecular complexity index is 566. The molecule has 0 saturated heterocycles. The van der Waals surface area contributed by atoms with E-state index in [1.54, 1.807) is 6.92 Å². The normalized spacial score (nSPS) is 12.3. The van der Waals surface area contributed by atoms with Crippen molar-refractivity contribution in [2.24, 2.45) is 0 Å². The molecular weight excluding hydrogens is 248 g/mol. The van der Waals surface area contributed by atoms with Gasteiger partial charge in [0.25, 0.3) is 0 Å². The Kier molecular flexibility index (Phi) is 3.72. The number of hydrogen-bond donors (Lipinski definition) is 1. The molecule has 18 heavy (non-hydrogen) atoms. The molecule has 0 aliphatic heterocycles. The third-order valence-corrected chi connectivity index (χ3v) is 3.58. The third-order valence-electron chi connectivity index (χ3n) is 2.66. The zero-order chi connectivity index (χ0) is 13.1. The summed E-state index contributed by atoms with van der Waals surface area (Å²) < 4.78 is 4.05. The van der Waals surface area contributed by atoms with E-state index >= 15 is 0 Å². The second-order valence-electron chi connectivity index (χ2n) is 4.26. The maximum atomic E-state index is 11.3. The number of rotatable bonds is 4. The molecule has 1 aromatic heterocycles. The molecule has 1 heterocycles. The molecule has 0 amide bonds. The van der Waals surface area contributed by atoms with E-state index in [4.69, 9.17) is 0 Å². The Morgan fingerprint density at radius 2 is 2.22 bits per heavy atom. The fraction of sp³-hybridized carbons (Fsp3) is 0.308. The SMILES string of the molecule is Cc1cccc(CC(C(=O)O)c2nc(C)ns2)c1. The first-order valence-electron chi connectivity index (χ1n) is 5.65. The molecule has 0 aliphatic carbocycles. The molecule has 1 N–H and O–H groups in total. The van der Waals surface area contributed by atoms with Crippen LogP contribution in [-0.2, 0) is 11.2 Å². The quantitative estimate of drug-likeness (QED) is 0.919. The van der Waals surface area contributed by atoms with Crippen molar-refractivity contribution < 1.29 is 9.90 Å². The molecule has 0 bridgehead atoms. The van der Waals surface area contributed by atoms with E-state index in [1.165, 1.54) is 11.5 Å². The van der Waals surface area contributed by atoms with Crippen molar-refractivity contribution in [3.63, 3.8) is 0 Å². The fourth-order valence-electron chi connectivity index (χ4n) is 1.81. The minimum absolute atomic E-state index is 0.450. The standard InChI is InChI=1S/C13H14N2O2S/c1-8-4-3-5-10(6-8)7-11(13(16)17)12-14-9(2)15-18-12/h3-6,11H,7H2,1-2H3,(H,16,17). The van der Waals surface area contributed by atoms with E-state index < -0.39 is 11.9 Å². The Balaban J connectivity index is 2.24. The van der Waals surface area contributed by atoms with E-state index in [0.29, 0.717) is 17.3 Å². The molecule has 5 heteroatoms. The summed E-state index contributed by atoms with van der Waals surface area (Å²) in [4.78, 5) is 15.5. The van der Waals surface area contributed by atoms with Crippen LogP contribution in [0.3, 0.4) is 0 Å². The maximum Gasteiger partial charge on any atom is 0.313 e. The highest BCUT2D eigenvalue weighted by atomic mass is 32.1. The zero-order valence-corrected chi connectivity index (χ0v) is 11.1. The van der Waals surface area contributed by atoms with Crippen LogP contribution in [0.2, 0.25) is 0 Å². The van der Waals surface area contributed by atoms with Gasteiger partial charge in [-0.15, -0.1) is 0 Å². The van der Waals surface area contributed by atoms with Crippen LogP contribution in [0.15, 0.2) is 24.3 Å². The van der Waals surface area contributed by atoms with Crippen LogP contribution in [0.4, 0.5) is 0 Å². The van der Waals surface area contributed by atoms with Crippen LogP contribution < -0.4 is 0 Å². The van der Waals surface area contributed by atoms with Crippen LogP contribution in [-0.4, -0.2) is 20.4 Å². The van der Waals surface area contributed by atoms with Gasteiger partial charge in [0.1, 0.15) is 16.7 Å². The number of carbonyl (C=O) groups is 1. The van der Waals surface area contributed by atoms with Crippen molar-refractivity contribution in [2.45, 2.75) is 26.2 Å². The number of carboxylic acid groups (broad SMARTS) is 1. The molecule has 94 valence electrons. The second-order valence-corrected chi connectivity index (χ2v) is 5.05. The molecule has 0 spiro atoms. The summed E-state index contributed by atoms with van der Waals surface area (Å²) in [6, 6.07) is 7.88. The van der Waals surface area contributed by atoms with Gasteiger partial charge in [0, 0.05) is 0 Å². The zero-order valence-electron chi connectivity index (χ0n) is 10.3. The van der Waals surface area contributed by atoms with Crippen LogP contribution in [0.25, 0.3) is 0 Å². The van der Waals surface area contributed by atoms with Gasteiger partial charge in [-0.3, -0.25) is 4.79 Å². The summed E-state index contributed by atoms with van der Waals surface area (Å²) in [5, 5.41) is 9.88. The Labute approximate surface area is 109 Å². The highest BCUT2D eigenvalue weighted by molar-refractivity contribution is 7.05. The summed E-state index contributed by atoms with van der Waals surface area (Å²) in [5.74, 6) is -0.837. The van der Waals surface area contributed by atoms with Gasteiger partial charge >= 0.3 is 5.97 Å². The molecule has 2 aromatic rings.